The third kappa shape index (κ3) is 15.7. The Morgan fingerprint density at radius 2 is 1.70 bits per heavy atom. The highest BCUT2D eigenvalue weighted by atomic mass is 35.5. The van der Waals surface area contributed by atoms with Crippen molar-refractivity contribution in [2.45, 2.75) is 46.0 Å². The topological polar surface area (TPSA) is 99.4 Å². The fraction of sp³-hybridized carbons (Fsp3) is 0.480. The van der Waals surface area contributed by atoms with E-state index in [4.69, 9.17) is 26.7 Å². The van der Waals surface area contributed by atoms with Gasteiger partial charge in [-0.3, -0.25) is 0 Å². The van der Waals surface area contributed by atoms with Crippen LogP contribution >= 0.6 is 11.6 Å². The van der Waals surface area contributed by atoms with Crippen LogP contribution in [0.3, 0.4) is 0 Å². The number of carboxylic acids is 2. The minimum absolute atomic E-state index is 0.558. The Bertz CT molecular complexity index is 782. The lowest BCUT2D eigenvalue weighted by molar-refractivity contribution is -0.134. The molecule has 0 aliphatic carbocycles. The summed E-state index contributed by atoms with van der Waals surface area (Å²) >= 11 is 5.93. The highest BCUT2D eigenvalue weighted by molar-refractivity contribution is 6.30. The molecule has 0 spiro atoms. The maximum atomic E-state index is 9.55. The second-order valence-corrected chi connectivity index (χ2v) is 8.58. The van der Waals surface area contributed by atoms with E-state index in [0.29, 0.717) is 24.7 Å². The molecule has 7 nitrogen and oxygen atoms in total. The van der Waals surface area contributed by atoms with Gasteiger partial charge in [0.1, 0.15) is 6.61 Å². The van der Waals surface area contributed by atoms with Crippen molar-refractivity contribution in [1.29, 1.82) is 0 Å². The molecule has 0 bridgehead atoms. The Morgan fingerprint density at radius 3 is 2.24 bits per heavy atom. The standard InChI is InChI=1S/C21H31ClN2O.C4H4O4/c1-18(2)6-12-21(13-9-19-7-10-20(22)11-8-19)23-25-17-5-16-24-14-3-4-15-24;5-3(6)1-2-4(7)8/h7-11,13,18H,3-6,12,14-17H2,1-2H3;1-2H,(H,5,6)(H,7,8)/b13-9+,23-21+;2-1+. The fourth-order valence-electron chi connectivity index (χ4n) is 2.99. The molecule has 0 amide bonds. The quantitative estimate of drug-likeness (QED) is 0.181. The predicted octanol–water partition coefficient (Wildman–Crippen LogP) is 5.36. The summed E-state index contributed by atoms with van der Waals surface area (Å²) in [6, 6.07) is 7.83. The van der Waals surface area contributed by atoms with Gasteiger partial charge in [-0.25, -0.2) is 9.59 Å². The molecular formula is C25H35ClN2O5. The van der Waals surface area contributed by atoms with Crippen LogP contribution < -0.4 is 0 Å². The molecule has 0 unspecified atom stereocenters. The van der Waals surface area contributed by atoms with E-state index in [1.807, 2.05) is 24.3 Å². The van der Waals surface area contributed by atoms with Gasteiger partial charge in [-0.15, -0.1) is 0 Å². The zero-order valence-corrected chi connectivity index (χ0v) is 20.2. The first-order valence-corrected chi connectivity index (χ1v) is 11.6. The van der Waals surface area contributed by atoms with Crippen LogP contribution in [0.25, 0.3) is 6.08 Å². The van der Waals surface area contributed by atoms with Crippen molar-refractivity contribution in [1.82, 2.24) is 4.90 Å². The fourth-order valence-corrected chi connectivity index (χ4v) is 3.12. The van der Waals surface area contributed by atoms with Crippen molar-refractivity contribution in [3.8, 4) is 0 Å². The zero-order chi connectivity index (χ0) is 24.5. The van der Waals surface area contributed by atoms with Gasteiger partial charge in [0.25, 0.3) is 0 Å². The second-order valence-electron chi connectivity index (χ2n) is 8.15. The molecule has 1 aliphatic rings. The maximum Gasteiger partial charge on any atom is 0.328 e. The number of hydrogen-bond donors (Lipinski definition) is 2. The molecular weight excluding hydrogens is 444 g/mol. The van der Waals surface area contributed by atoms with E-state index in [1.54, 1.807) is 0 Å². The summed E-state index contributed by atoms with van der Waals surface area (Å²) in [6.45, 7) is 8.77. The minimum Gasteiger partial charge on any atom is -0.478 e. The van der Waals surface area contributed by atoms with E-state index >= 15 is 0 Å². The third-order valence-corrected chi connectivity index (χ3v) is 5.03. The third-order valence-electron chi connectivity index (χ3n) is 4.77. The number of hydrogen-bond acceptors (Lipinski definition) is 5. The first-order chi connectivity index (χ1) is 15.8. The molecule has 1 aromatic carbocycles. The van der Waals surface area contributed by atoms with Gasteiger partial charge in [0, 0.05) is 23.7 Å². The number of carbonyl (C=O) groups is 2. The summed E-state index contributed by atoms with van der Waals surface area (Å²) in [7, 11) is 0. The summed E-state index contributed by atoms with van der Waals surface area (Å²) in [5, 5.41) is 20.8. The van der Waals surface area contributed by atoms with E-state index < -0.39 is 11.9 Å². The monoisotopic (exact) mass is 478 g/mol. The van der Waals surface area contributed by atoms with Crippen molar-refractivity contribution in [2.24, 2.45) is 11.1 Å². The number of aliphatic carboxylic acids is 2. The molecule has 1 saturated heterocycles. The van der Waals surface area contributed by atoms with E-state index in [9.17, 15) is 9.59 Å². The first kappa shape index (κ1) is 28.4. The number of rotatable bonds is 12. The van der Waals surface area contributed by atoms with Crippen LogP contribution in [0.4, 0.5) is 0 Å². The van der Waals surface area contributed by atoms with Crippen LogP contribution in [0, 0.1) is 5.92 Å². The van der Waals surface area contributed by atoms with Crippen LogP contribution in [0.1, 0.15) is 51.5 Å². The largest absolute Gasteiger partial charge is 0.478 e. The van der Waals surface area contributed by atoms with Crippen molar-refractivity contribution < 1.29 is 24.6 Å². The Hall–Kier alpha value is -2.64. The Labute approximate surface area is 201 Å². The molecule has 8 heteroatoms. The van der Waals surface area contributed by atoms with Crippen LogP contribution in [0.5, 0.6) is 0 Å². The van der Waals surface area contributed by atoms with Gasteiger partial charge in [0.15, 0.2) is 0 Å². The Morgan fingerprint density at radius 1 is 1.09 bits per heavy atom. The van der Waals surface area contributed by atoms with Gasteiger partial charge in [-0.05, 0) is 74.9 Å². The summed E-state index contributed by atoms with van der Waals surface area (Å²) in [4.78, 5) is 27.2. The number of likely N-dealkylation sites (tertiary alicyclic amines) is 1. The van der Waals surface area contributed by atoms with Crippen LogP contribution in [-0.2, 0) is 14.4 Å². The number of nitrogens with zero attached hydrogens (tertiary/aromatic N) is 2. The van der Waals surface area contributed by atoms with E-state index in [0.717, 1.165) is 42.1 Å². The lowest BCUT2D eigenvalue weighted by Crippen LogP contribution is -2.21. The zero-order valence-electron chi connectivity index (χ0n) is 19.5. The summed E-state index contributed by atoms with van der Waals surface area (Å²) in [5.74, 6) is -1.86. The van der Waals surface area contributed by atoms with Gasteiger partial charge in [0.2, 0.25) is 0 Å². The van der Waals surface area contributed by atoms with Gasteiger partial charge in [0.05, 0.1) is 5.71 Å². The molecule has 2 rings (SSSR count). The van der Waals surface area contributed by atoms with Crippen molar-refractivity contribution in [2.75, 3.05) is 26.2 Å². The van der Waals surface area contributed by atoms with Crippen molar-refractivity contribution in [3.05, 3.63) is 53.1 Å². The SMILES string of the molecule is CC(C)CCC(/C=C/c1ccc(Cl)cc1)=N\OCCCN1CCCC1.O=C(O)/C=C/C(=O)O. The van der Waals surface area contributed by atoms with E-state index in [-0.39, 0.29) is 0 Å². The van der Waals surface area contributed by atoms with E-state index in [1.165, 1.54) is 25.9 Å². The molecule has 1 fully saturated rings. The average molecular weight is 479 g/mol. The lowest BCUT2D eigenvalue weighted by atomic mass is 10.0. The molecule has 1 aliphatic heterocycles. The molecule has 0 atom stereocenters. The van der Waals surface area contributed by atoms with Crippen molar-refractivity contribution in [3.63, 3.8) is 0 Å². The highest BCUT2D eigenvalue weighted by Crippen LogP contribution is 2.12. The summed E-state index contributed by atoms with van der Waals surface area (Å²) in [5.41, 5.74) is 2.13. The van der Waals surface area contributed by atoms with Crippen LogP contribution in [0.2, 0.25) is 5.02 Å². The average Bonchev–Trinajstić information content (AvgIpc) is 3.28. The normalized spacial score (nSPS) is 14.6. The van der Waals surface area contributed by atoms with E-state index in [2.05, 4.69) is 36.1 Å². The number of halogens is 1. The molecule has 1 aromatic rings. The highest BCUT2D eigenvalue weighted by Gasteiger charge is 2.10. The molecule has 2 N–H and O–H groups in total. The molecule has 0 saturated carbocycles. The van der Waals surface area contributed by atoms with Gasteiger partial charge < -0.3 is 20.0 Å². The first-order valence-electron chi connectivity index (χ1n) is 11.2. The lowest BCUT2D eigenvalue weighted by Gasteiger charge is -2.13. The van der Waals surface area contributed by atoms with Crippen LogP contribution in [-0.4, -0.2) is 59.0 Å². The van der Waals surface area contributed by atoms with Gasteiger partial charge >= 0.3 is 11.9 Å². The summed E-state index contributed by atoms with van der Waals surface area (Å²) in [6.07, 6.45) is 11.0. The van der Waals surface area contributed by atoms with Crippen molar-refractivity contribution >= 4 is 35.3 Å². The summed E-state index contributed by atoms with van der Waals surface area (Å²) < 4.78 is 0. The van der Waals surface area contributed by atoms with Gasteiger partial charge in [-0.1, -0.05) is 48.8 Å². The smallest absolute Gasteiger partial charge is 0.328 e. The molecule has 1 heterocycles. The predicted molar refractivity (Wildman–Crippen MR) is 133 cm³/mol. The molecule has 0 aromatic heterocycles. The molecule has 182 valence electrons. The molecule has 33 heavy (non-hydrogen) atoms. The van der Waals surface area contributed by atoms with Gasteiger partial charge in [-0.2, -0.15) is 0 Å². The minimum atomic E-state index is -1.26. The number of allylic oxidation sites excluding steroid dienone is 1. The number of carboxylic acid groups (broad SMARTS) is 2. The maximum absolute atomic E-state index is 9.55. The number of oxime groups is 1. The molecule has 0 radical (unpaired) electrons. The van der Waals surface area contributed by atoms with Crippen LogP contribution in [0.15, 0.2) is 47.6 Å². The Balaban J connectivity index is 0.000000582. The Kier molecular flexibility index (Phi) is 14.6. The number of benzene rings is 1. The second kappa shape index (κ2) is 16.9.